The van der Waals surface area contributed by atoms with E-state index in [-0.39, 0.29) is 11.3 Å². The second kappa shape index (κ2) is 4.90. The number of anilines is 1. The summed E-state index contributed by atoms with van der Waals surface area (Å²) >= 11 is 0. The molecule has 0 aliphatic carbocycles. The number of carbonyl (C=O) groups is 1. The first-order chi connectivity index (χ1) is 10.3. The third kappa shape index (κ3) is 2.80. The molecule has 3 rings (SSSR count). The highest BCUT2D eigenvalue weighted by Crippen LogP contribution is 2.36. The SMILES string of the molecule is Cc1cnc(/C=C2\C(=O)Nc3ccc(OC(F)(F)F)cc32)[nH]1. The van der Waals surface area contributed by atoms with Crippen molar-refractivity contribution in [2.45, 2.75) is 13.3 Å². The Morgan fingerprint density at radius 1 is 1.32 bits per heavy atom. The molecule has 0 fully saturated rings. The number of hydrogen-bond acceptors (Lipinski definition) is 3. The van der Waals surface area contributed by atoms with Crippen LogP contribution in [0.15, 0.2) is 24.4 Å². The van der Waals surface area contributed by atoms with E-state index in [1.807, 2.05) is 0 Å². The highest BCUT2D eigenvalue weighted by atomic mass is 19.4. The largest absolute Gasteiger partial charge is 0.573 e. The van der Waals surface area contributed by atoms with Crippen LogP contribution < -0.4 is 10.1 Å². The Kier molecular flexibility index (Phi) is 3.16. The van der Waals surface area contributed by atoms with Gasteiger partial charge in [-0.1, -0.05) is 0 Å². The topological polar surface area (TPSA) is 67.0 Å². The van der Waals surface area contributed by atoms with Gasteiger partial charge in [0, 0.05) is 23.1 Å². The van der Waals surface area contributed by atoms with Crippen molar-refractivity contribution in [3.8, 4) is 5.75 Å². The Labute approximate surface area is 122 Å². The molecule has 2 heterocycles. The van der Waals surface area contributed by atoms with Crippen molar-refractivity contribution in [1.82, 2.24) is 9.97 Å². The van der Waals surface area contributed by atoms with Crippen molar-refractivity contribution >= 4 is 23.2 Å². The second-order valence-electron chi connectivity index (χ2n) is 4.72. The third-order valence-electron chi connectivity index (χ3n) is 3.01. The number of aromatic amines is 1. The van der Waals surface area contributed by atoms with Crippen molar-refractivity contribution < 1.29 is 22.7 Å². The van der Waals surface area contributed by atoms with E-state index in [0.29, 0.717) is 17.1 Å². The van der Waals surface area contributed by atoms with Crippen molar-refractivity contribution in [3.05, 3.63) is 41.5 Å². The van der Waals surface area contributed by atoms with Crippen molar-refractivity contribution in [3.63, 3.8) is 0 Å². The predicted molar refractivity (Wildman–Crippen MR) is 73.0 cm³/mol. The minimum absolute atomic E-state index is 0.219. The molecule has 114 valence electrons. The van der Waals surface area contributed by atoms with Gasteiger partial charge in [0.25, 0.3) is 5.91 Å². The first-order valence-electron chi connectivity index (χ1n) is 6.27. The van der Waals surface area contributed by atoms with Crippen LogP contribution in [0.5, 0.6) is 5.75 Å². The summed E-state index contributed by atoms with van der Waals surface area (Å²) in [5, 5.41) is 2.58. The molecule has 0 radical (unpaired) electrons. The summed E-state index contributed by atoms with van der Waals surface area (Å²) in [7, 11) is 0. The van der Waals surface area contributed by atoms with E-state index in [1.165, 1.54) is 18.2 Å². The van der Waals surface area contributed by atoms with Crippen LogP contribution in [0.25, 0.3) is 11.6 Å². The van der Waals surface area contributed by atoms with Gasteiger partial charge in [-0.25, -0.2) is 4.98 Å². The lowest BCUT2D eigenvalue weighted by Gasteiger charge is -2.09. The summed E-state index contributed by atoms with van der Waals surface area (Å²) in [4.78, 5) is 18.9. The number of nitrogens with one attached hydrogen (secondary N) is 2. The number of amides is 1. The monoisotopic (exact) mass is 309 g/mol. The number of imidazole rings is 1. The molecule has 2 aromatic rings. The molecule has 0 saturated carbocycles. The number of hydrogen-bond donors (Lipinski definition) is 2. The normalized spacial score (nSPS) is 15.8. The van der Waals surface area contributed by atoms with E-state index in [9.17, 15) is 18.0 Å². The van der Waals surface area contributed by atoms with E-state index in [2.05, 4.69) is 20.0 Å². The van der Waals surface area contributed by atoms with Gasteiger partial charge in [-0.2, -0.15) is 0 Å². The lowest BCUT2D eigenvalue weighted by atomic mass is 10.1. The van der Waals surface area contributed by atoms with E-state index in [1.54, 1.807) is 13.1 Å². The standard InChI is InChI=1S/C14H10F3N3O2/c1-7-6-18-12(19-7)5-10-9-4-8(22-14(15,16)17)2-3-11(9)20-13(10)21/h2-6H,1H3,(H,18,19)(H,20,21)/b10-5-. The highest BCUT2D eigenvalue weighted by molar-refractivity contribution is 6.34. The maximum absolute atomic E-state index is 12.3. The van der Waals surface area contributed by atoms with Gasteiger partial charge in [-0.15, -0.1) is 13.2 Å². The Bertz CT molecular complexity index is 778. The summed E-state index contributed by atoms with van der Waals surface area (Å²) in [5.41, 5.74) is 1.78. The number of H-pyrrole nitrogens is 1. The molecule has 1 aromatic carbocycles. The van der Waals surface area contributed by atoms with Crippen molar-refractivity contribution in [2.24, 2.45) is 0 Å². The van der Waals surface area contributed by atoms with E-state index < -0.39 is 12.3 Å². The summed E-state index contributed by atoms with van der Waals surface area (Å²) in [6, 6.07) is 3.68. The summed E-state index contributed by atoms with van der Waals surface area (Å²) in [6.45, 7) is 1.80. The number of fused-ring (bicyclic) bond motifs is 1. The average Bonchev–Trinajstić information content (AvgIpc) is 2.93. The average molecular weight is 309 g/mol. The number of benzene rings is 1. The number of rotatable bonds is 2. The Morgan fingerprint density at radius 3 is 2.73 bits per heavy atom. The highest BCUT2D eigenvalue weighted by Gasteiger charge is 2.32. The molecule has 0 bridgehead atoms. The van der Waals surface area contributed by atoms with Gasteiger partial charge in [-0.3, -0.25) is 4.79 Å². The molecule has 22 heavy (non-hydrogen) atoms. The quantitative estimate of drug-likeness (QED) is 0.838. The van der Waals surface area contributed by atoms with E-state index in [4.69, 9.17) is 0 Å². The fourth-order valence-corrected chi connectivity index (χ4v) is 2.15. The number of carbonyl (C=O) groups excluding carboxylic acids is 1. The molecule has 1 aliphatic rings. The summed E-state index contributed by atoms with van der Waals surface area (Å²) in [6.07, 6.45) is -1.72. The third-order valence-corrected chi connectivity index (χ3v) is 3.01. The van der Waals surface area contributed by atoms with Crippen molar-refractivity contribution in [1.29, 1.82) is 0 Å². The van der Waals surface area contributed by atoms with Crippen LogP contribution in [0.3, 0.4) is 0 Å². The first-order valence-corrected chi connectivity index (χ1v) is 6.27. The molecule has 5 nitrogen and oxygen atoms in total. The smallest absolute Gasteiger partial charge is 0.406 e. The molecular weight excluding hydrogens is 299 g/mol. The zero-order valence-corrected chi connectivity index (χ0v) is 11.3. The molecule has 2 N–H and O–H groups in total. The zero-order valence-electron chi connectivity index (χ0n) is 11.3. The van der Waals surface area contributed by atoms with Gasteiger partial charge in [0.2, 0.25) is 0 Å². The van der Waals surface area contributed by atoms with Gasteiger partial charge in [0.1, 0.15) is 11.6 Å². The molecule has 0 spiro atoms. The molecule has 1 aliphatic heterocycles. The molecule has 0 saturated heterocycles. The summed E-state index contributed by atoms with van der Waals surface area (Å²) in [5.74, 6) is -0.352. The fourth-order valence-electron chi connectivity index (χ4n) is 2.15. The van der Waals surface area contributed by atoms with Crippen molar-refractivity contribution in [2.75, 3.05) is 5.32 Å². The number of aromatic nitrogens is 2. The molecule has 1 amide bonds. The minimum atomic E-state index is -4.79. The predicted octanol–water partition coefficient (Wildman–Crippen LogP) is 3.11. The molecule has 0 atom stereocenters. The lowest BCUT2D eigenvalue weighted by Crippen LogP contribution is -2.17. The first kappa shape index (κ1) is 14.2. The van der Waals surface area contributed by atoms with Crippen LogP contribution in [-0.2, 0) is 4.79 Å². The number of halogens is 3. The number of aryl methyl sites for hydroxylation is 1. The van der Waals surface area contributed by atoms with Gasteiger partial charge in [0.15, 0.2) is 0 Å². The zero-order chi connectivity index (χ0) is 15.9. The van der Waals surface area contributed by atoms with Crippen LogP contribution in [0.4, 0.5) is 18.9 Å². The second-order valence-corrected chi connectivity index (χ2v) is 4.72. The molecule has 8 heteroatoms. The maximum Gasteiger partial charge on any atom is 0.573 e. The Hall–Kier alpha value is -2.77. The molecular formula is C14H10F3N3O2. The van der Waals surface area contributed by atoms with Crippen LogP contribution in [0.1, 0.15) is 17.1 Å². The Morgan fingerprint density at radius 2 is 2.09 bits per heavy atom. The molecule has 0 unspecified atom stereocenters. The van der Waals surface area contributed by atoms with Gasteiger partial charge in [0.05, 0.1) is 5.57 Å². The van der Waals surface area contributed by atoms with Gasteiger partial charge >= 0.3 is 6.36 Å². The van der Waals surface area contributed by atoms with Crippen LogP contribution in [0.2, 0.25) is 0 Å². The van der Waals surface area contributed by atoms with E-state index in [0.717, 1.165) is 11.8 Å². The summed E-state index contributed by atoms with van der Waals surface area (Å²) < 4.78 is 40.7. The Balaban J connectivity index is 2.00. The van der Waals surface area contributed by atoms with Crippen LogP contribution in [-0.4, -0.2) is 22.2 Å². The number of ether oxygens (including phenoxy) is 1. The van der Waals surface area contributed by atoms with E-state index >= 15 is 0 Å². The number of alkyl halides is 3. The number of nitrogens with zero attached hydrogens (tertiary/aromatic N) is 1. The minimum Gasteiger partial charge on any atom is -0.406 e. The van der Waals surface area contributed by atoms with Crippen LogP contribution >= 0.6 is 0 Å². The fraction of sp³-hybridized carbons (Fsp3) is 0.143. The van der Waals surface area contributed by atoms with Gasteiger partial charge < -0.3 is 15.0 Å². The lowest BCUT2D eigenvalue weighted by molar-refractivity contribution is -0.274. The van der Waals surface area contributed by atoms with Crippen LogP contribution in [0, 0.1) is 6.92 Å². The molecule has 1 aromatic heterocycles. The van der Waals surface area contributed by atoms with Gasteiger partial charge in [-0.05, 0) is 31.2 Å². The maximum atomic E-state index is 12.3.